The van der Waals surface area contributed by atoms with E-state index in [0.29, 0.717) is 0 Å². The molecule has 84 valence electrons. The number of aliphatic hydroxyl groups is 1. The Labute approximate surface area is 96.8 Å². The first kappa shape index (κ1) is 10.1. The largest absolute Gasteiger partial charge is 0.384 e. The molecule has 0 unspecified atom stereocenters. The van der Waals surface area contributed by atoms with Crippen molar-refractivity contribution in [3.63, 3.8) is 0 Å². The van der Waals surface area contributed by atoms with Crippen molar-refractivity contribution in [3.8, 4) is 0 Å². The van der Waals surface area contributed by atoms with Crippen LogP contribution >= 0.6 is 0 Å². The van der Waals surface area contributed by atoms with E-state index in [1.807, 2.05) is 18.2 Å². The average Bonchev–Trinajstić information content (AvgIpc) is 2.68. The third-order valence-corrected chi connectivity index (χ3v) is 4.03. The summed E-state index contributed by atoms with van der Waals surface area (Å²) in [6.45, 7) is 0. The Balaban J connectivity index is 1.89. The van der Waals surface area contributed by atoms with E-state index in [2.05, 4.69) is 12.1 Å². The van der Waals surface area contributed by atoms with Gasteiger partial charge in [0.15, 0.2) is 0 Å². The van der Waals surface area contributed by atoms with Gasteiger partial charge >= 0.3 is 0 Å². The van der Waals surface area contributed by atoms with Crippen LogP contribution in [0.2, 0.25) is 0 Å². The van der Waals surface area contributed by atoms with Crippen molar-refractivity contribution >= 4 is 0 Å². The summed E-state index contributed by atoms with van der Waals surface area (Å²) in [7, 11) is 0. The molecule has 2 aliphatic rings. The number of rotatable bonds is 1. The Morgan fingerprint density at radius 3 is 2.00 bits per heavy atom. The predicted molar refractivity (Wildman–Crippen MR) is 65.1 cm³/mol. The Kier molecular flexibility index (Phi) is 2.36. The first-order valence-corrected chi connectivity index (χ1v) is 6.26. The summed E-state index contributed by atoms with van der Waals surface area (Å²) in [6, 6.07) is 10.2. The van der Waals surface area contributed by atoms with Crippen LogP contribution in [0.15, 0.2) is 41.5 Å². The summed E-state index contributed by atoms with van der Waals surface area (Å²) < 4.78 is 0. The number of benzene rings is 1. The molecule has 16 heavy (non-hydrogen) atoms. The molecule has 2 aliphatic carbocycles. The van der Waals surface area contributed by atoms with Gasteiger partial charge in [-0.25, -0.2) is 0 Å². The summed E-state index contributed by atoms with van der Waals surface area (Å²) in [5.41, 5.74) is 3.57. The Hall–Kier alpha value is -1.08. The van der Waals surface area contributed by atoms with Gasteiger partial charge in [0.2, 0.25) is 0 Å². The molecule has 0 atom stereocenters. The van der Waals surface area contributed by atoms with Crippen molar-refractivity contribution in [2.75, 3.05) is 0 Å². The molecule has 1 heteroatoms. The highest BCUT2D eigenvalue weighted by atomic mass is 16.3. The number of hydrogen-bond acceptors (Lipinski definition) is 1. The normalized spacial score (nSPS) is 23.3. The highest BCUT2D eigenvalue weighted by Crippen LogP contribution is 2.47. The van der Waals surface area contributed by atoms with Gasteiger partial charge in [-0.2, -0.15) is 0 Å². The summed E-state index contributed by atoms with van der Waals surface area (Å²) in [5, 5.41) is 10.8. The zero-order valence-electron chi connectivity index (χ0n) is 9.58. The lowest BCUT2D eigenvalue weighted by Crippen LogP contribution is -2.22. The second-order valence-electron chi connectivity index (χ2n) is 5.17. The van der Waals surface area contributed by atoms with E-state index in [1.54, 1.807) is 0 Å². The third-order valence-electron chi connectivity index (χ3n) is 4.03. The molecule has 1 N–H and O–H groups in total. The van der Waals surface area contributed by atoms with Crippen LogP contribution < -0.4 is 0 Å². The molecule has 0 amide bonds. The van der Waals surface area contributed by atoms with Gasteiger partial charge < -0.3 is 5.11 Å². The minimum Gasteiger partial charge on any atom is -0.384 e. The standard InChI is InChI=1S/C15H18O/c16-15(14-8-2-1-3-9-14)10-12-6-4-5-7-13(12)11-15/h1-3,8-9,16H,4-7,10-11H2. The highest BCUT2D eigenvalue weighted by molar-refractivity contribution is 5.35. The fourth-order valence-corrected chi connectivity index (χ4v) is 3.18. The smallest absolute Gasteiger partial charge is 0.0970 e. The van der Waals surface area contributed by atoms with Gasteiger partial charge in [-0.15, -0.1) is 0 Å². The molecule has 1 aromatic carbocycles. The van der Waals surface area contributed by atoms with Crippen LogP contribution in [-0.4, -0.2) is 5.11 Å². The summed E-state index contributed by atoms with van der Waals surface area (Å²) in [5.74, 6) is 0. The molecule has 0 radical (unpaired) electrons. The topological polar surface area (TPSA) is 20.2 Å². The maximum absolute atomic E-state index is 10.8. The lowest BCUT2D eigenvalue weighted by Gasteiger charge is -2.23. The van der Waals surface area contributed by atoms with Crippen molar-refractivity contribution < 1.29 is 5.11 Å². The highest BCUT2D eigenvalue weighted by Gasteiger charge is 2.38. The molecular formula is C15H18O. The lowest BCUT2D eigenvalue weighted by atomic mass is 9.90. The second-order valence-corrected chi connectivity index (χ2v) is 5.17. The Morgan fingerprint density at radius 2 is 1.44 bits per heavy atom. The fourth-order valence-electron chi connectivity index (χ4n) is 3.18. The van der Waals surface area contributed by atoms with Gasteiger partial charge in [-0.3, -0.25) is 0 Å². The maximum Gasteiger partial charge on any atom is 0.0970 e. The first-order chi connectivity index (χ1) is 7.78. The van der Waals surface area contributed by atoms with Gasteiger partial charge in [-0.05, 0) is 31.2 Å². The van der Waals surface area contributed by atoms with E-state index >= 15 is 0 Å². The van der Waals surface area contributed by atoms with E-state index in [0.717, 1.165) is 18.4 Å². The summed E-state index contributed by atoms with van der Waals surface area (Å²) >= 11 is 0. The molecule has 0 fully saturated rings. The molecule has 1 aromatic rings. The minimum absolute atomic E-state index is 0.601. The monoisotopic (exact) mass is 214 g/mol. The molecule has 0 heterocycles. The van der Waals surface area contributed by atoms with E-state index in [-0.39, 0.29) is 0 Å². The Morgan fingerprint density at radius 1 is 0.875 bits per heavy atom. The zero-order valence-corrected chi connectivity index (χ0v) is 9.58. The summed E-state index contributed by atoms with van der Waals surface area (Å²) in [4.78, 5) is 0. The summed E-state index contributed by atoms with van der Waals surface area (Å²) in [6.07, 6.45) is 6.78. The van der Waals surface area contributed by atoms with Crippen molar-refractivity contribution in [3.05, 3.63) is 47.0 Å². The van der Waals surface area contributed by atoms with Crippen LogP contribution in [0.25, 0.3) is 0 Å². The van der Waals surface area contributed by atoms with Gasteiger partial charge in [0.1, 0.15) is 0 Å². The van der Waals surface area contributed by atoms with Crippen molar-refractivity contribution in [1.29, 1.82) is 0 Å². The van der Waals surface area contributed by atoms with E-state index in [4.69, 9.17) is 0 Å². The molecule has 0 aliphatic heterocycles. The first-order valence-electron chi connectivity index (χ1n) is 6.26. The van der Waals surface area contributed by atoms with Crippen LogP contribution in [0.4, 0.5) is 0 Å². The third kappa shape index (κ3) is 1.60. The second kappa shape index (κ2) is 3.74. The van der Waals surface area contributed by atoms with Crippen molar-refractivity contribution in [2.24, 2.45) is 0 Å². The molecule has 0 saturated heterocycles. The molecule has 0 spiro atoms. The molecular weight excluding hydrogens is 196 g/mol. The number of hydrogen-bond donors (Lipinski definition) is 1. The quantitative estimate of drug-likeness (QED) is 0.709. The van der Waals surface area contributed by atoms with Crippen LogP contribution in [-0.2, 0) is 5.60 Å². The van der Waals surface area contributed by atoms with Crippen LogP contribution in [0.3, 0.4) is 0 Å². The van der Waals surface area contributed by atoms with E-state index in [1.165, 1.54) is 36.8 Å². The molecule has 1 nitrogen and oxygen atoms in total. The molecule has 0 bridgehead atoms. The molecule has 0 saturated carbocycles. The molecule has 0 aromatic heterocycles. The van der Waals surface area contributed by atoms with Crippen molar-refractivity contribution in [1.82, 2.24) is 0 Å². The molecule has 3 rings (SSSR count). The van der Waals surface area contributed by atoms with Crippen LogP contribution in [0, 0.1) is 0 Å². The zero-order chi connectivity index (χ0) is 11.0. The maximum atomic E-state index is 10.8. The van der Waals surface area contributed by atoms with Crippen LogP contribution in [0.1, 0.15) is 44.1 Å². The van der Waals surface area contributed by atoms with Crippen LogP contribution in [0.5, 0.6) is 0 Å². The van der Waals surface area contributed by atoms with E-state index in [9.17, 15) is 5.11 Å². The van der Waals surface area contributed by atoms with Gasteiger partial charge in [0.25, 0.3) is 0 Å². The average molecular weight is 214 g/mol. The van der Waals surface area contributed by atoms with Gasteiger partial charge in [-0.1, -0.05) is 41.5 Å². The fraction of sp³-hybridized carbons (Fsp3) is 0.467. The SMILES string of the molecule is OC1(c2ccccc2)CC2=C(CCCC2)C1. The lowest BCUT2D eigenvalue weighted by molar-refractivity contribution is 0.0471. The van der Waals surface area contributed by atoms with Crippen molar-refractivity contribution in [2.45, 2.75) is 44.1 Å². The van der Waals surface area contributed by atoms with Gasteiger partial charge in [0, 0.05) is 12.8 Å². The Bertz CT molecular complexity index is 398. The predicted octanol–water partition coefficient (Wildman–Crippen LogP) is 3.54. The minimum atomic E-state index is -0.601. The van der Waals surface area contributed by atoms with Gasteiger partial charge in [0.05, 0.1) is 5.60 Å². The van der Waals surface area contributed by atoms with E-state index < -0.39 is 5.60 Å².